The second-order valence-electron chi connectivity index (χ2n) is 4.48. The first-order valence-electron chi connectivity index (χ1n) is 5.47. The van der Waals surface area contributed by atoms with Crippen molar-refractivity contribution in [1.82, 2.24) is 9.55 Å². The maximum atomic E-state index is 11.4. The molecule has 1 aromatic rings. The summed E-state index contributed by atoms with van der Waals surface area (Å²) in [6.45, 7) is 4.08. The molecule has 5 heteroatoms. The number of nitrogens with two attached hydrogens (primary N) is 1. The van der Waals surface area contributed by atoms with E-state index in [1.807, 2.05) is 11.5 Å². The van der Waals surface area contributed by atoms with Gasteiger partial charge in [0, 0.05) is 6.04 Å². The largest absolute Gasteiger partial charge is 0.464 e. The third kappa shape index (κ3) is 1.56. The Morgan fingerprint density at radius 3 is 2.69 bits per heavy atom. The molecule has 1 aliphatic carbocycles. The first-order chi connectivity index (χ1) is 7.54. The molecular formula is C11H17N3O2. The van der Waals surface area contributed by atoms with Crippen molar-refractivity contribution in [2.45, 2.75) is 32.7 Å². The summed E-state index contributed by atoms with van der Waals surface area (Å²) in [4.78, 5) is 15.6. The van der Waals surface area contributed by atoms with Gasteiger partial charge < -0.3 is 15.0 Å². The number of imidazole rings is 1. The molecule has 0 unspecified atom stereocenters. The van der Waals surface area contributed by atoms with Crippen LogP contribution in [0.1, 0.15) is 42.1 Å². The zero-order chi connectivity index (χ0) is 11.9. The van der Waals surface area contributed by atoms with E-state index in [0.717, 1.165) is 24.6 Å². The summed E-state index contributed by atoms with van der Waals surface area (Å²) in [5.41, 5.74) is 6.17. The molecule has 0 atom stereocenters. The Kier molecular flexibility index (Phi) is 2.61. The molecule has 0 amide bonds. The summed E-state index contributed by atoms with van der Waals surface area (Å²) < 4.78 is 6.59. The molecule has 2 rings (SSSR count). The van der Waals surface area contributed by atoms with Crippen LogP contribution in [0.3, 0.4) is 0 Å². The normalized spacial score (nSPS) is 23.9. The van der Waals surface area contributed by atoms with Gasteiger partial charge in [-0.1, -0.05) is 6.92 Å². The van der Waals surface area contributed by atoms with Gasteiger partial charge in [-0.2, -0.15) is 0 Å². The van der Waals surface area contributed by atoms with Gasteiger partial charge in [0.15, 0.2) is 5.69 Å². The van der Waals surface area contributed by atoms with Gasteiger partial charge in [0.05, 0.1) is 7.11 Å². The van der Waals surface area contributed by atoms with E-state index in [2.05, 4.69) is 16.6 Å². The van der Waals surface area contributed by atoms with Crippen molar-refractivity contribution in [1.29, 1.82) is 0 Å². The second kappa shape index (κ2) is 3.81. The number of aromatic nitrogens is 2. The van der Waals surface area contributed by atoms with Gasteiger partial charge in [-0.05, 0) is 25.7 Å². The number of carbonyl (C=O) groups is 1. The topological polar surface area (TPSA) is 70.1 Å². The van der Waals surface area contributed by atoms with Gasteiger partial charge in [-0.25, -0.2) is 9.78 Å². The van der Waals surface area contributed by atoms with Crippen LogP contribution in [0.4, 0.5) is 5.82 Å². The number of anilines is 1. The van der Waals surface area contributed by atoms with E-state index in [4.69, 9.17) is 5.73 Å². The zero-order valence-electron chi connectivity index (χ0n) is 9.86. The lowest BCUT2D eigenvalue weighted by Crippen LogP contribution is -2.26. The van der Waals surface area contributed by atoms with Gasteiger partial charge in [-0.3, -0.25) is 0 Å². The fraction of sp³-hybridized carbons (Fsp3) is 0.636. The summed E-state index contributed by atoms with van der Waals surface area (Å²) in [5, 5.41) is 0. The average molecular weight is 223 g/mol. The number of esters is 1. The summed E-state index contributed by atoms with van der Waals surface area (Å²) in [6.07, 6.45) is 2.20. The van der Waals surface area contributed by atoms with Crippen molar-refractivity contribution in [3.63, 3.8) is 0 Å². The van der Waals surface area contributed by atoms with E-state index in [0.29, 0.717) is 11.9 Å². The minimum absolute atomic E-state index is 0.236. The van der Waals surface area contributed by atoms with Gasteiger partial charge >= 0.3 is 5.97 Å². The van der Waals surface area contributed by atoms with Gasteiger partial charge in [0.25, 0.3) is 0 Å². The average Bonchev–Trinajstić information content (AvgIpc) is 2.49. The molecule has 1 heterocycles. The molecular weight excluding hydrogens is 206 g/mol. The van der Waals surface area contributed by atoms with E-state index < -0.39 is 5.97 Å². The van der Waals surface area contributed by atoms with Crippen molar-refractivity contribution in [2.75, 3.05) is 12.8 Å². The van der Waals surface area contributed by atoms with E-state index in [1.54, 1.807) is 0 Å². The Bertz CT molecular complexity index is 419. The molecule has 0 aliphatic heterocycles. The van der Waals surface area contributed by atoms with Crippen molar-refractivity contribution >= 4 is 11.8 Å². The quantitative estimate of drug-likeness (QED) is 0.772. The van der Waals surface area contributed by atoms with Gasteiger partial charge in [0.2, 0.25) is 0 Å². The molecule has 0 spiro atoms. The predicted octanol–water partition coefficient (Wildman–Crippen LogP) is 1.53. The fourth-order valence-corrected chi connectivity index (χ4v) is 2.34. The molecule has 0 aromatic carbocycles. The Labute approximate surface area is 94.6 Å². The van der Waals surface area contributed by atoms with Crippen molar-refractivity contribution in [3.8, 4) is 0 Å². The number of hydrogen-bond donors (Lipinski definition) is 1. The highest BCUT2D eigenvalue weighted by molar-refractivity contribution is 5.92. The summed E-state index contributed by atoms with van der Waals surface area (Å²) in [5.74, 6) is 1.48. The van der Waals surface area contributed by atoms with Crippen molar-refractivity contribution < 1.29 is 9.53 Å². The smallest absolute Gasteiger partial charge is 0.360 e. The Hall–Kier alpha value is -1.52. The number of ether oxygens (including phenoxy) is 1. The number of nitrogens with zero attached hydrogens (tertiary/aromatic N) is 2. The van der Waals surface area contributed by atoms with Crippen LogP contribution in [-0.2, 0) is 4.74 Å². The summed E-state index contributed by atoms with van der Waals surface area (Å²) >= 11 is 0. The van der Waals surface area contributed by atoms with Crippen LogP contribution >= 0.6 is 0 Å². The number of nitrogen functional groups attached to an aromatic ring is 1. The monoisotopic (exact) mass is 223 g/mol. The molecule has 16 heavy (non-hydrogen) atoms. The standard InChI is InChI=1S/C11H17N3O2/c1-6-4-8(5-6)14-7(2)13-9(10(14)12)11(15)16-3/h6,8H,4-5,12H2,1-3H3. The molecule has 1 aliphatic rings. The second-order valence-corrected chi connectivity index (χ2v) is 4.48. The van der Waals surface area contributed by atoms with Crippen LogP contribution in [0.25, 0.3) is 0 Å². The van der Waals surface area contributed by atoms with Crippen LogP contribution in [0, 0.1) is 12.8 Å². The van der Waals surface area contributed by atoms with Crippen LogP contribution in [0.5, 0.6) is 0 Å². The van der Waals surface area contributed by atoms with E-state index in [9.17, 15) is 4.79 Å². The third-order valence-electron chi connectivity index (χ3n) is 3.22. The van der Waals surface area contributed by atoms with Crippen molar-refractivity contribution in [2.24, 2.45) is 5.92 Å². The number of rotatable bonds is 2. The lowest BCUT2D eigenvalue weighted by molar-refractivity contribution is 0.0595. The van der Waals surface area contributed by atoms with E-state index >= 15 is 0 Å². The molecule has 1 aromatic heterocycles. The third-order valence-corrected chi connectivity index (χ3v) is 3.22. The zero-order valence-corrected chi connectivity index (χ0v) is 9.86. The number of methoxy groups -OCH3 is 1. The lowest BCUT2D eigenvalue weighted by Gasteiger charge is -2.35. The molecule has 1 fully saturated rings. The predicted molar refractivity (Wildman–Crippen MR) is 60.2 cm³/mol. The van der Waals surface area contributed by atoms with Crippen LogP contribution < -0.4 is 5.73 Å². The minimum atomic E-state index is -0.466. The van der Waals surface area contributed by atoms with Crippen LogP contribution in [0.2, 0.25) is 0 Å². The minimum Gasteiger partial charge on any atom is -0.464 e. The first kappa shape index (κ1) is 11.0. The maximum Gasteiger partial charge on any atom is 0.360 e. The molecule has 1 saturated carbocycles. The van der Waals surface area contributed by atoms with E-state index in [-0.39, 0.29) is 5.69 Å². The van der Waals surface area contributed by atoms with E-state index in [1.165, 1.54) is 7.11 Å². The maximum absolute atomic E-state index is 11.4. The van der Waals surface area contributed by atoms with Gasteiger partial charge in [0.1, 0.15) is 11.6 Å². The number of hydrogen-bond acceptors (Lipinski definition) is 4. The number of carbonyl (C=O) groups excluding carboxylic acids is 1. The Balaban J connectivity index is 2.32. The van der Waals surface area contributed by atoms with Gasteiger partial charge in [-0.15, -0.1) is 0 Å². The highest BCUT2D eigenvalue weighted by Crippen LogP contribution is 2.39. The molecule has 0 radical (unpaired) electrons. The molecule has 5 nitrogen and oxygen atoms in total. The number of aryl methyl sites for hydroxylation is 1. The summed E-state index contributed by atoms with van der Waals surface area (Å²) in [7, 11) is 1.33. The Morgan fingerprint density at radius 2 is 2.19 bits per heavy atom. The van der Waals surface area contributed by atoms with Crippen LogP contribution in [-0.4, -0.2) is 22.6 Å². The molecule has 0 saturated heterocycles. The molecule has 2 N–H and O–H groups in total. The van der Waals surface area contributed by atoms with Crippen molar-refractivity contribution in [3.05, 3.63) is 11.5 Å². The van der Waals surface area contributed by atoms with Crippen LogP contribution in [0.15, 0.2) is 0 Å². The molecule has 0 bridgehead atoms. The molecule has 88 valence electrons. The lowest BCUT2D eigenvalue weighted by atomic mass is 9.81. The highest BCUT2D eigenvalue weighted by atomic mass is 16.5. The first-order valence-corrected chi connectivity index (χ1v) is 5.47. The SMILES string of the molecule is COC(=O)c1nc(C)n(C2CC(C)C2)c1N. The Morgan fingerprint density at radius 1 is 1.56 bits per heavy atom. The fourth-order valence-electron chi connectivity index (χ4n) is 2.34. The summed E-state index contributed by atoms with van der Waals surface area (Å²) in [6, 6.07) is 0.390. The highest BCUT2D eigenvalue weighted by Gasteiger charge is 2.31.